The normalized spacial score (nSPS) is 15.3. The molecule has 3 atom stereocenters. The summed E-state index contributed by atoms with van der Waals surface area (Å²) in [7, 11) is -3.13. The van der Waals surface area contributed by atoms with E-state index < -0.39 is 52.7 Å². The minimum atomic E-state index is -2.53. The molecule has 1 fully saturated rings. The smallest absolute Gasteiger partial charge is 0.411 e. The van der Waals surface area contributed by atoms with Gasteiger partial charge in [0.05, 0.1) is 31.0 Å². The molecule has 2 aromatic rings. The predicted octanol–water partition coefficient (Wildman–Crippen LogP) is 10.2. The molecule has 0 bridgehead atoms. The molecule has 66 heavy (non-hydrogen) atoms. The Balaban J connectivity index is 1.85. The summed E-state index contributed by atoms with van der Waals surface area (Å²) < 4.78 is 30.2. The van der Waals surface area contributed by atoms with Gasteiger partial charge in [0.1, 0.15) is 31.0 Å². The van der Waals surface area contributed by atoms with Gasteiger partial charge in [0.2, 0.25) is 11.8 Å². The molecule has 15 nitrogen and oxygen atoms in total. The molecule has 0 aliphatic carbocycles. The molecule has 0 radical (unpaired) electrons. The third-order valence-electron chi connectivity index (χ3n) is 12.7. The van der Waals surface area contributed by atoms with Crippen molar-refractivity contribution in [3.63, 3.8) is 0 Å². The van der Waals surface area contributed by atoms with Crippen molar-refractivity contribution in [2.45, 2.75) is 149 Å². The molecule has 366 valence electrons. The number of carbonyl (C=O) groups is 5. The Bertz CT molecular complexity index is 2030. The molecule has 1 aliphatic heterocycles. The van der Waals surface area contributed by atoms with Crippen molar-refractivity contribution in [2.75, 3.05) is 37.5 Å². The fraction of sp³-hybridized carbons (Fsp3) is 0.571. The molecule has 1 heterocycles. The number of carbonyl (C=O) groups excluding carboxylic acids is 5. The maximum Gasteiger partial charge on any atom is 0.411 e. The van der Waals surface area contributed by atoms with E-state index in [4.69, 9.17) is 23.1 Å². The predicted molar refractivity (Wildman–Crippen MR) is 266 cm³/mol. The molecule has 0 aromatic heterocycles. The van der Waals surface area contributed by atoms with Crippen molar-refractivity contribution >= 4 is 57.9 Å². The zero-order valence-electron chi connectivity index (χ0n) is 42.1. The van der Waals surface area contributed by atoms with E-state index in [1.54, 1.807) is 62.3 Å². The van der Waals surface area contributed by atoms with Gasteiger partial charge in [-0.25, -0.2) is 9.59 Å². The highest BCUT2D eigenvalue weighted by atomic mass is 28.4. The largest absolute Gasteiger partial charge is 0.540 e. The molecule has 3 rings (SSSR count). The van der Waals surface area contributed by atoms with Crippen LogP contribution in [0.4, 0.5) is 21.0 Å². The first kappa shape index (κ1) is 55.2. The average molecular weight is 952 g/mol. The second-order valence-corrected chi connectivity index (χ2v) is 30.1. The first-order valence-corrected chi connectivity index (χ1v) is 27.9. The number of hydrogen-bond acceptors (Lipinski definition) is 10. The summed E-state index contributed by atoms with van der Waals surface area (Å²) in [6, 6.07) is 7.85. The number of amides is 5. The van der Waals surface area contributed by atoms with Crippen LogP contribution in [0, 0.1) is 5.92 Å². The molecule has 0 saturated carbocycles. The second-order valence-electron chi connectivity index (χ2n) is 20.0. The average Bonchev–Trinajstić information content (AvgIpc) is 3.61. The number of methoxy groups -OCH3 is 1. The number of nitrogens with zero attached hydrogens (tertiary/aromatic N) is 1. The van der Waals surface area contributed by atoms with Gasteiger partial charge in [-0.2, -0.15) is 0 Å². The molecular formula is C49H77N5O10Si2. The van der Waals surface area contributed by atoms with Gasteiger partial charge >= 0.3 is 12.2 Å². The fourth-order valence-electron chi connectivity index (χ4n) is 8.00. The number of hydrogen-bond donors (Lipinski definition) is 4. The first-order valence-electron chi connectivity index (χ1n) is 22.9. The van der Waals surface area contributed by atoms with Gasteiger partial charge < -0.3 is 43.9 Å². The molecule has 0 spiro atoms. The highest BCUT2D eigenvalue weighted by molar-refractivity contribution is 6.78. The zero-order valence-corrected chi connectivity index (χ0v) is 44.1. The van der Waals surface area contributed by atoms with Crippen LogP contribution in [0.1, 0.15) is 105 Å². The highest BCUT2D eigenvalue weighted by Gasteiger charge is 2.48. The van der Waals surface area contributed by atoms with E-state index >= 15 is 0 Å². The van der Waals surface area contributed by atoms with Crippen LogP contribution >= 0.6 is 0 Å². The Morgan fingerprint density at radius 3 is 1.97 bits per heavy atom. The molecule has 5 amide bonds. The summed E-state index contributed by atoms with van der Waals surface area (Å²) in [5.41, 5.74) is 3.10. The summed E-state index contributed by atoms with van der Waals surface area (Å²) in [5.74, 6) is -0.816. The van der Waals surface area contributed by atoms with Crippen molar-refractivity contribution in [1.29, 1.82) is 0 Å². The molecule has 0 unspecified atom stereocenters. The van der Waals surface area contributed by atoms with E-state index in [9.17, 15) is 24.0 Å². The highest BCUT2D eigenvalue weighted by Crippen LogP contribution is 2.46. The van der Waals surface area contributed by atoms with E-state index in [0.717, 1.165) is 5.57 Å². The molecule has 17 heteroatoms. The maximum atomic E-state index is 14.7. The Hall–Kier alpha value is -5.14. The van der Waals surface area contributed by atoms with Crippen LogP contribution in [-0.4, -0.2) is 96.4 Å². The van der Waals surface area contributed by atoms with Crippen molar-refractivity contribution in [2.24, 2.45) is 5.92 Å². The van der Waals surface area contributed by atoms with Gasteiger partial charge in [0.15, 0.2) is 14.1 Å². The minimum absolute atomic E-state index is 0.0123. The number of ether oxygens (including phenoxy) is 3. The number of likely N-dealkylation sites (tertiary alicyclic amines) is 1. The summed E-state index contributed by atoms with van der Waals surface area (Å²) in [6.07, 6.45) is 0.439. The van der Waals surface area contributed by atoms with Crippen LogP contribution in [0.5, 0.6) is 11.5 Å². The lowest BCUT2D eigenvalue weighted by atomic mass is 10.0. The van der Waals surface area contributed by atoms with Gasteiger partial charge in [-0.05, 0) is 77.8 Å². The van der Waals surface area contributed by atoms with E-state index in [0.29, 0.717) is 42.3 Å². The third kappa shape index (κ3) is 14.2. The van der Waals surface area contributed by atoms with Gasteiger partial charge in [0.25, 0.3) is 14.2 Å². The Labute approximate surface area is 395 Å². The number of rotatable bonds is 21. The molecule has 1 saturated heterocycles. The van der Waals surface area contributed by atoms with Crippen LogP contribution < -0.4 is 30.4 Å². The fourth-order valence-corrected chi connectivity index (χ4v) is 14.3. The van der Waals surface area contributed by atoms with Crippen molar-refractivity contribution in [3.05, 3.63) is 72.3 Å². The van der Waals surface area contributed by atoms with Gasteiger partial charge in [-0.3, -0.25) is 19.7 Å². The monoisotopic (exact) mass is 952 g/mol. The summed E-state index contributed by atoms with van der Waals surface area (Å²) >= 11 is 0. The summed E-state index contributed by atoms with van der Waals surface area (Å²) in [6.45, 7) is 37.3. The number of anilines is 2. The lowest BCUT2D eigenvalue weighted by molar-refractivity contribution is -0.128. The standard InChI is InChI=1S/C49H77N5O10Si2/c1-18-23-61-48(59)53-43(30(2)3)45(56)50-35(11)44(55)51-37-21-19-36(20-22-37)28-62-47(58)52-40-26-42(64-66(31(4)5,32(6)7)33(8)9)41(60-15)25-39(40)46(57)54-27-34(10)24-38(54)29-63-65(16,17)49(12,13)14/h18-22,25-26,30-33,35,38,43H,1,10,23-24,27-29H2,2-9,11-17H3,(H,50,56)(H,51,55)(H,52,58)(H,53,59)/t35-,38-,43-/m0/s1. The maximum absolute atomic E-state index is 14.7. The van der Waals surface area contributed by atoms with E-state index in [1.807, 2.05) is 0 Å². The van der Waals surface area contributed by atoms with Crippen molar-refractivity contribution < 1.29 is 47.0 Å². The first-order chi connectivity index (χ1) is 30.7. The Morgan fingerprint density at radius 2 is 1.44 bits per heavy atom. The van der Waals surface area contributed by atoms with Crippen LogP contribution in [-0.2, 0) is 30.1 Å². The van der Waals surface area contributed by atoms with Crippen LogP contribution in [0.2, 0.25) is 34.8 Å². The van der Waals surface area contributed by atoms with Gasteiger partial charge in [-0.15, -0.1) is 0 Å². The van der Waals surface area contributed by atoms with E-state index in [-0.39, 0.29) is 64.0 Å². The molecular weight excluding hydrogens is 875 g/mol. The second kappa shape index (κ2) is 23.5. The zero-order chi connectivity index (χ0) is 49.9. The Kier molecular flexibility index (Phi) is 19.7. The third-order valence-corrected chi connectivity index (χ3v) is 23.2. The van der Waals surface area contributed by atoms with E-state index in [1.165, 1.54) is 13.0 Å². The topological polar surface area (TPSA) is 183 Å². The van der Waals surface area contributed by atoms with Gasteiger partial charge in [-0.1, -0.05) is 113 Å². The summed E-state index contributed by atoms with van der Waals surface area (Å²) in [5, 5.41) is 10.8. The van der Waals surface area contributed by atoms with Crippen molar-refractivity contribution in [3.8, 4) is 11.5 Å². The molecule has 4 N–H and O–H groups in total. The molecule has 1 aliphatic rings. The van der Waals surface area contributed by atoms with Gasteiger partial charge in [0, 0.05) is 18.3 Å². The quantitative estimate of drug-likeness (QED) is 0.0694. The molecule has 2 aromatic carbocycles. The van der Waals surface area contributed by atoms with Crippen molar-refractivity contribution in [1.82, 2.24) is 15.5 Å². The summed E-state index contributed by atoms with van der Waals surface area (Å²) in [4.78, 5) is 68.2. The SMILES string of the molecule is C=CCOC(=O)N[C@H](C(=O)N[C@@H](C)C(=O)Nc1ccc(COC(=O)Nc2cc(O[Si](C(C)C)(C(C)C)C(C)C)c(OC)cc2C(=O)N2CC(=C)C[C@H]2CO[Si](C)(C)C(C)(C)C)cc1)C(C)C. The number of benzene rings is 2. The van der Waals surface area contributed by atoms with E-state index in [2.05, 4.69) is 110 Å². The van der Waals surface area contributed by atoms with Crippen LogP contribution in [0.15, 0.2) is 61.2 Å². The van der Waals surface area contributed by atoms with Crippen LogP contribution in [0.25, 0.3) is 0 Å². The lowest BCUT2D eigenvalue weighted by Crippen LogP contribution is -2.53. The number of nitrogens with one attached hydrogen (secondary N) is 4. The number of alkyl carbamates (subject to hydrolysis) is 1. The Morgan fingerprint density at radius 1 is 0.833 bits per heavy atom. The lowest BCUT2D eigenvalue weighted by Gasteiger charge is -2.42. The minimum Gasteiger partial charge on any atom is -0.540 e. The van der Waals surface area contributed by atoms with Crippen LogP contribution in [0.3, 0.4) is 0 Å².